The van der Waals surface area contributed by atoms with Gasteiger partial charge in [-0.3, -0.25) is 0 Å². The van der Waals surface area contributed by atoms with Crippen LogP contribution in [0.2, 0.25) is 0 Å². The molecule has 7 rings (SSSR count). The van der Waals surface area contributed by atoms with E-state index in [-0.39, 0.29) is 23.9 Å². The number of aryl methyl sites for hydroxylation is 4. The van der Waals surface area contributed by atoms with Crippen molar-refractivity contribution in [3.05, 3.63) is 159 Å². The zero-order chi connectivity index (χ0) is 34.8. The van der Waals surface area contributed by atoms with Crippen molar-refractivity contribution in [2.24, 2.45) is 9.98 Å². The lowest BCUT2D eigenvalue weighted by Crippen LogP contribution is -2.20. The number of hydrogen-bond acceptors (Lipinski definition) is 7. The summed E-state index contributed by atoms with van der Waals surface area (Å²) in [6, 6.07) is 35.4. The number of hydrogen-bond donors (Lipinski definition) is 0. The molecule has 0 saturated heterocycles. The molecule has 4 aromatic carbocycles. The van der Waals surface area contributed by atoms with Crippen LogP contribution in [0, 0.1) is 27.7 Å². The molecule has 2 aliphatic heterocycles. The summed E-state index contributed by atoms with van der Waals surface area (Å²) in [5.41, 5.74) is 10.8. The molecule has 7 nitrogen and oxygen atoms in total. The van der Waals surface area contributed by atoms with Crippen LogP contribution in [0.4, 0.5) is 0 Å². The maximum absolute atomic E-state index is 6.29. The van der Waals surface area contributed by atoms with E-state index in [9.17, 15) is 0 Å². The van der Waals surface area contributed by atoms with E-state index in [2.05, 4.69) is 88.4 Å². The van der Waals surface area contributed by atoms with Gasteiger partial charge < -0.3 is 18.9 Å². The quantitative estimate of drug-likeness (QED) is 0.150. The molecule has 0 spiro atoms. The number of benzene rings is 4. The number of nitrogens with zero attached hydrogens (tertiary/aromatic N) is 3. The highest BCUT2D eigenvalue weighted by Crippen LogP contribution is 2.37. The van der Waals surface area contributed by atoms with Crippen molar-refractivity contribution >= 4 is 11.8 Å². The topological polar surface area (TPSA) is 74.5 Å². The second-order valence-corrected chi connectivity index (χ2v) is 13.4. The SMILES string of the molecule is COc1cccc(C(c2cc(C)cc(C)c2)C2COC(c3cccc(C4=NC(C(c5cc(C)cc(C)c5)c5cccc(OC)c5)CO4)n3)=N2)c1. The zero-order valence-electron chi connectivity index (χ0n) is 29.5. The van der Waals surface area contributed by atoms with Crippen LogP contribution in [0.1, 0.15) is 67.7 Å². The smallest absolute Gasteiger partial charge is 0.235 e. The maximum Gasteiger partial charge on any atom is 0.235 e. The molecule has 4 atom stereocenters. The Labute approximate surface area is 294 Å². The predicted molar refractivity (Wildman–Crippen MR) is 198 cm³/mol. The van der Waals surface area contributed by atoms with Crippen LogP contribution in [-0.4, -0.2) is 56.3 Å². The Balaban J connectivity index is 1.20. The molecule has 0 saturated carbocycles. The van der Waals surface area contributed by atoms with Crippen LogP contribution in [0.3, 0.4) is 0 Å². The lowest BCUT2D eigenvalue weighted by Gasteiger charge is -2.23. The highest BCUT2D eigenvalue weighted by molar-refractivity contribution is 5.97. The Morgan fingerprint density at radius 1 is 0.520 bits per heavy atom. The lowest BCUT2D eigenvalue weighted by atomic mass is 9.84. The van der Waals surface area contributed by atoms with Crippen LogP contribution in [0.15, 0.2) is 113 Å². The van der Waals surface area contributed by atoms with Crippen LogP contribution in [0.5, 0.6) is 11.5 Å². The van der Waals surface area contributed by atoms with Gasteiger partial charge >= 0.3 is 0 Å². The van der Waals surface area contributed by atoms with Crippen molar-refractivity contribution in [1.29, 1.82) is 0 Å². The summed E-state index contributed by atoms with van der Waals surface area (Å²) >= 11 is 0. The second-order valence-electron chi connectivity index (χ2n) is 13.4. The first-order valence-corrected chi connectivity index (χ1v) is 17.1. The van der Waals surface area contributed by atoms with E-state index in [1.807, 2.05) is 42.5 Å². The molecule has 0 bridgehead atoms. The van der Waals surface area contributed by atoms with Crippen molar-refractivity contribution in [3.8, 4) is 11.5 Å². The number of methoxy groups -OCH3 is 2. The summed E-state index contributed by atoms with van der Waals surface area (Å²) in [7, 11) is 3.39. The van der Waals surface area contributed by atoms with E-state index in [4.69, 9.17) is 33.9 Å². The van der Waals surface area contributed by atoms with Gasteiger partial charge in [0, 0.05) is 11.8 Å². The molecule has 0 N–H and O–H groups in total. The second kappa shape index (κ2) is 14.2. The third-order valence-corrected chi connectivity index (χ3v) is 9.42. The molecule has 0 radical (unpaired) electrons. The minimum Gasteiger partial charge on any atom is -0.497 e. The first-order valence-electron chi connectivity index (χ1n) is 17.1. The van der Waals surface area contributed by atoms with Crippen LogP contribution < -0.4 is 9.47 Å². The monoisotopic (exact) mass is 665 g/mol. The number of aliphatic imine (C=N–C) groups is 2. The van der Waals surface area contributed by atoms with E-state index in [0.717, 1.165) is 22.6 Å². The van der Waals surface area contributed by atoms with Crippen molar-refractivity contribution < 1.29 is 18.9 Å². The first-order chi connectivity index (χ1) is 24.3. The predicted octanol–water partition coefficient (Wildman–Crippen LogP) is 8.29. The first kappa shape index (κ1) is 33.1. The standard InChI is InChI=1S/C43H43N3O4/c1-26-16-27(2)19-32(18-26)40(30-10-7-12-34(22-30)47-5)38-24-49-42(45-38)36-14-9-15-37(44-36)43-46-39(25-50-43)41(31-11-8-13-35(23-31)48-6)33-20-28(3)17-29(4)21-33/h7-23,38-41H,24-25H2,1-6H3. The number of ether oxygens (including phenoxy) is 4. The number of rotatable bonds is 10. The third kappa shape index (κ3) is 6.99. The van der Waals surface area contributed by atoms with E-state index >= 15 is 0 Å². The molecule has 0 amide bonds. The summed E-state index contributed by atoms with van der Waals surface area (Å²) < 4.78 is 23.8. The lowest BCUT2D eigenvalue weighted by molar-refractivity contribution is 0.306. The molecule has 0 fully saturated rings. The minimum absolute atomic E-state index is 0.0218. The Kier molecular flexibility index (Phi) is 9.40. The average molecular weight is 666 g/mol. The van der Waals surface area contributed by atoms with Crippen LogP contribution >= 0.6 is 0 Å². The summed E-state index contributed by atoms with van der Waals surface area (Å²) in [6.07, 6.45) is 0. The van der Waals surface area contributed by atoms with Gasteiger partial charge in [-0.05, 0) is 86.3 Å². The Morgan fingerprint density at radius 3 is 1.32 bits per heavy atom. The van der Waals surface area contributed by atoms with Crippen molar-refractivity contribution in [2.45, 2.75) is 51.6 Å². The normalized spacial score (nSPS) is 18.0. The fraction of sp³-hybridized carbons (Fsp3) is 0.279. The number of pyridine rings is 1. The molecule has 4 unspecified atom stereocenters. The molecule has 3 heterocycles. The molecular formula is C43H43N3O4. The van der Waals surface area contributed by atoms with Gasteiger partial charge in [-0.25, -0.2) is 15.0 Å². The minimum atomic E-state index is -0.144. The van der Waals surface area contributed by atoms with E-state index in [1.54, 1.807) is 14.2 Å². The fourth-order valence-electron chi connectivity index (χ4n) is 7.40. The summed E-state index contributed by atoms with van der Waals surface area (Å²) in [5.74, 6) is 2.63. The molecule has 7 heteroatoms. The van der Waals surface area contributed by atoms with Gasteiger partial charge in [0.25, 0.3) is 0 Å². The van der Waals surface area contributed by atoms with Gasteiger partial charge in [0.15, 0.2) is 0 Å². The van der Waals surface area contributed by atoms with Crippen molar-refractivity contribution in [1.82, 2.24) is 4.98 Å². The van der Waals surface area contributed by atoms with Gasteiger partial charge in [-0.1, -0.05) is 89.0 Å². The Bertz CT molecular complexity index is 1900. The Hall–Kier alpha value is -5.43. The molecule has 50 heavy (non-hydrogen) atoms. The molecule has 0 aliphatic carbocycles. The van der Waals surface area contributed by atoms with Gasteiger partial charge in [0.1, 0.15) is 36.1 Å². The zero-order valence-corrected chi connectivity index (χ0v) is 29.5. The highest BCUT2D eigenvalue weighted by Gasteiger charge is 2.34. The van der Waals surface area contributed by atoms with Crippen LogP contribution in [0.25, 0.3) is 0 Å². The molecule has 254 valence electrons. The van der Waals surface area contributed by atoms with Gasteiger partial charge in [0.2, 0.25) is 11.8 Å². The Morgan fingerprint density at radius 2 is 0.920 bits per heavy atom. The fourth-order valence-corrected chi connectivity index (χ4v) is 7.40. The van der Waals surface area contributed by atoms with Gasteiger partial charge in [-0.15, -0.1) is 0 Å². The number of aromatic nitrogens is 1. The molecule has 1 aromatic heterocycles. The maximum atomic E-state index is 6.29. The van der Waals surface area contributed by atoms with Gasteiger partial charge in [0.05, 0.1) is 26.3 Å². The van der Waals surface area contributed by atoms with Crippen molar-refractivity contribution in [2.75, 3.05) is 27.4 Å². The average Bonchev–Trinajstić information content (AvgIpc) is 3.79. The summed E-state index contributed by atoms with van der Waals surface area (Å²) in [4.78, 5) is 15.3. The van der Waals surface area contributed by atoms with Gasteiger partial charge in [-0.2, -0.15) is 0 Å². The third-order valence-electron chi connectivity index (χ3n) is 9.42. The molecular weight excluding hydrogens is 622 g/mol. The largest absolute Gasteiger partial charge is 0.497 e. The summed E-state index contributed by atoms with van der Waals surface area (Å²) in [5, 5.41) is 0. The van der Waals surface area contributed by atoms with E-state index in [0.29, 0.717) is 36.4 Å². The van der Waals surface area contributed by atoms with E-state index < -0.39 is 0 Å². The van der Waals surface area contributed by atoms with Crippen LogP contribution in [-0.2, 0) is 9.47 Å². The van der Waals surface area contributed by atoms with E-state index in [1.165, 1.54) is 33.4 Å². The van der Waals surface area contributed by atoms with Crippen molar-refractivity contribution in [3.63, 3.8) is 0 Å². The highest BCUT2D eigenvalue weighted by atomic mass is 16.5. The summed E-state index contributed by atoms with van der Waals surface area (Å²) in [6.45, 7) is 9.41. The molecule has 2 aliphatic rings. The molecule has 5 aromatic rings.